The standard InChI is InChI=1S/C19H34N2/c1-8-14-20-18(19(5,9-2)21(6)7)17-12-10-16(11-13-17)15(3)4/h10-13,15,18,20H,8-9,14H2,1-7H3. The van der Waals surface area contributed by atoms with Gasteiger partial charge in [-0.2, -0.15) is 0 Å². The van der Waals surface area contributed by atoms with Gasteiger partial charge in [0.05, 0.1) is 6.04 Å². The van der Waals surface area contributed by atoms with Gasteiger partial charge < -0.3 is 10.2 Å². The minimum Gasteiger partial charge on any atom is -0.308 e. The van der Waals surface area contributed by atoms with Crippen molar-refractivity contribution in [2.45, 2.75) is 65.0 Å². The number of hydrogen-bond acceptors (Lipinski definition) is 2. The van der Waals surface area contributed by atoms with Crippen molar-refractivity contribution in [3.8, 4) is 0 Å². The van der Waals surface area contributed by atoms with Gasteiger partial charge in [0.25, 0.3) is 0 Å². The Morgan fingerprint density at radius 2 is 1.57 bits per heavy atom. The Labute approximate surface area is 131 Å². The van der Waals surface area contributed by atoms with Crippen LogP contribution >= 0.6 is 0 Å². The molecule has 0 saturated carbocycles. The molecule has 0 bridgehead atoms. The lowest BCUT2D eigenvalue weighted by Crippen LogP contribution is -2.51. The Morgan fingerprint density at radius 1 is 1.05 bits per heavy atom. The van der Waals surface area contributed by atoms with Crippen molar-refractivity contribution in [3.05, 3.63) is 35.4 Å². The number of hydrogen-bond donors (Lipinski definition) is 1. The molecule has 0 heterocycles. The lowest BCUT2D eigenvalue weighted by Gasteiger charge is -2.43. The zero-order valence-electron chi connectivity index (χ0n) is 15.0. The van der Waals surface area contributed by atoms with E-state index < -0.39 is 0 Å². The first kappa shape index (κ1) is 18.2. The van der Waals surface area contributed by atoms with Crippen molar-refractivity contribution >= 4 is 0 Å². The molecule has 2 atom stereocenters. The Hall–Kier alpha value is -0.860. The first-order valence-corrected chi connectivity index (χ1v) is 8.37. The minimum atomic E-state index is 0.120. The Balaban J connectivity index is 3.12. The molecule has 0 saturated heterocycles. The van der Waals surface area contributed by atoms with Crippen LogP contribution in [0.25, 0.3) is 0 Å². The highest BCUT2D eigenvalue weighted by Crippen LogP contribution is 2.33. The second kappa shape index (κ2) is 7.95. The molecule has 0 fully saturated rings. The Kier molecular flexibility index (Phi) is 6.89. The zero-order valence-corrected chi connectivity index (χ0v) is 15.0. The summed E-state index contributed by atoms with van der Waals surface area (Å²) in [6.45, 7) is 12.4. The van der Waals surface area contributed by atoms with E-state index in [9.17, 15) is 0 Å². The minimum absolute atomic E-state index is 0.120. The second-order valence-electron chi connectivity index (χ2n) is 6.81. The van der Waals surface area contributed by atoms with Crippen LogP contribution < -0.4 is 5.32 Å². The van der Waals surface area contributed by atoms with Crippen LogP contribution in [0, 0.1) is 0 Å². The van der Waals surface area contributed by atoms with Gasteiger partial charge in [0.15, 0.2) is 0 Å². The van der Waals surface area contributed by atoms with E-state index in [2.05, 4.69) is 83.2 Å². The number of rotatable bonds is 8. The second-order valence-corrected chi connectivity index (χ2v) is 6.81. The maximum Gasteiger partial charge on any atom is 0.0504 e. The van der Waals surface area contributed by atoms with Crippen molar-refractivity contribution < 1.29 is 0 Å². The summed E-state index contributed by atoms with van der Waals surface area (Å²) in [5.41, 5.74) is 2.93. The first-order chi connectivity index (χ1) is 9.86. The Bertz CT molecular complexity index is 408. The predicted octanol–water partition coefficient (Wildman–Crippen LogP) is 4.58. The molecule has 0 aliphatic heterocycles. The molecule has 21 heavy (non-hydrogen) atoms. The third kappa shape index (κ3) is 4.31. The zero-order chi connectivity index (χ0) is 16.0. The quantitative estimate of drug-likeness (QED) is 0.754. The largest absolute Gasteiger partial charge is 0.308 e. The van der Waals surface area contributed by atoms with E-state index >= 15 is 0 Å². The molecule has 0 radical (unpaired) electrons. The monoisotopic (exact) mass is 290 g/mol. The van der Waals surface area contributed by atoms with E-state index in [-0.39, 0.29) is 5.54 Å². The molecule has 1 rings (SSSR count). The SMILES string of the molecule is CCCNC(c1ccc(C(C)C)cc1)C(C)(CC)N(C)C. The van der Waals surface area contributed by atoms with Gasteiger partial charge in [-0.05, 0) is 57.5 Å². The highest BCUT2D eigenvalue weighted by molar-refractivity contribution is 5.29. The van der Waals surface area contributed by atoms with Crippen LogP contribution in [-0.4, -0.2) is 31.1 Å². The van der Waals surface area contributed by atoms with Gasteiger partial charge >= 0.3 is 0 Å². The summed E-state index contributed by atoms with van der Waals surface area (Å²) < 4.78 is 0. The summed E-state index contributed by atoms with van der Waals surface area (Å²) in [5, 5.41) is 3.77. The molecule has 0 spiro atoms. The normalized spacial score (nSPS) is 16.2. The van der Waals surface area contributed by atoms with Gasteiger partial charge in [0, 0.05) is 5.54 Å². The van der Waals surface area contributed by atoms with Crippen molar-refractivity contribution in [2.24, 2.45) is 0 Å². The van der Waals surface area contributed by atoms with Gasteiger partial charge in [0.1, 0.15) is 0 Å². The molecular weight excluding hydrogens is 256 g/mol. The van der Waals surface area contributed by atoms with Crippen LogP contribution in [0.4, 0.5) is 0 Å². The highest BCUT2D eigenvalue weighted by atomic mass is 15.2. The summed E-state index contributed by atoms with van der Waals surface area (Å²) >= 11 is 0. The van der Waals surface area contributed by atoms with Gasteiger partial charge in [-0.3, -0.25) is 0 Å². The van der Waals surface area contributed by atoms with E-state index in [1.807, 2.05) is 0 Å². The fraction of sp³-hybridized carbons (Fsp3) is 0.684. The van der Waals surface area contributed by atoms with Crippen LogP contribution in [0.15, 0.2) is 24.3 Å². The molecule has 1 N–H and O–H groups in total. The van der Waals surface area contributed by atoms with E-state index in [4.69, 9.17) is 0 Å². The highest BCUT2D eigenvalue weighted by Gasteiger charge is 2.35. The van der Waals surface area contributed by atoms with Crippen molar-refractivity contribution in [1.29, 1.82) is 0 Å². The number of nitrogens with zero attached hydrogens (tertiary/aromatic N) is 1. The molecular formula is C19H34N2. The van der Waals surface area contributed by atoms with Crippen LogP contribution in [-0.2, 0) is 0 Å². The summed E-state index contributed by atoms with van der Waals surface area (Å²) in [6, 6.07) is 9.54. The maximum atomic E-state index is 3.77. The summed E-state index contributed by atoms with van der Waals surface area (Å²) in [7, 11) is 4.37. The molecule has 120 valence electrons. The fourth-order valence-corrected chi connectivity index (χ4v) is 2.84. The Morgan fingerprint density at radius 3 is 1.95 bits per heavy atom. The van der Waals surface area contributed by atoms with E-state index in [0.29, 0.717) is 12.0 Å². The molecule has 0 aromatic heterocycles. The molecule has 0 aliphatic rings. The van der Waals surface area contributed by atoms with E-state index in [1.54, 1.807) is 0 Å². The van der Waals surface area contributed by atoms with Crippen LogP contribution in [0.1, 0.15) is 70.5 Å². The maximum absolute atomic E-state index is 3.77. The van der Waals surface area contributed by atoms with Crippen molar-refractivity contribution in [1.82, 2.24) is 10.2 Å². The van der Waals surface area contributed by atoms with Gasteiger partial charge in [-0.15, -0.1) is 0 Å². The van der Waals surface area contributed by atoms with E-state index in [1.165, 1.54) is 11.1 Å². The molecule has 2 unspecified atom stereocenters. The van der Waals surface area contributed by atoms with E-state index in [0.717, 1.165) is 19.4 Å². The fourth-order valence-electron chi connectivity index (χ4n) is 2.84. The summed E-state index contributed by atoms with van der Waals surface area (Å²) in [5.74, 6) is 0.590. The average molecular weight is 290 g/mol. The average Bonchev–Trinajstić information content (AvgIpc) is 2.47. The van der Waals surface area contributed by atoms with Crippen LogP contribution in [0.5, 0.6) is 0 Å². The lowest BCUT2D eigenvalue weighted by atomic mass is 9.82. The molecule has 2 heteroatoms. The van der Waals surface area contributed by atoms with Crippen LogP contribution in [0.3, 0.4) is 0 Å². The third-order valence-corrected chi connectivity index (χ3v) is 4.89. The van der Waals surface area contributed by atoms with Crippen LogP contribution in [0.2, 0.25) is 0 Å². The summed E-state index contributed by atoms with van der Waals surface area (Å²) in [4.78, 5) is 2.36. The molecule has 2 nitrogen and oxygen atoms in total. The smallest absolute Gasteiger partial charge is 0.0504 e. The third-order valence-electron chi connectivity index (χ3n) is 4.89. The predicted molar refractivity (Wildman–Crippen MR) is 93.9 cm³/mol. The summed E-state index contributed by atoms with van der Waals surface area (Å²) in [6.07, 6.45) is 2.28. The number of nitrogens with one attached hydrogen (secondary N) is 1. The first-order valence-electron chi connectivity index (χ1n) is 8.37. The van der Waals surface area contributed by atoms with Gasteiger partial charge in [0.2, 0.25) is 0 Å². The van der Waals surface area contributed by atoms with Crippen molar-refractivity contribution in [2.75, 3.05) is 20.6 Å². The lowest BCUT2D eigenvalue weighted by molar-refractivity contribution is 0.113. The topological polar surface area (TPSA) is 15.3 Å². The van der Waals surface area contributed by atoms with Crippen molar-refractivity contribution in [3.63, 3.8) is 0 Å². The molecule has 0 amide bonds. The molecule has 1 aromatic carbocycles. The molecule has 0 aliphatic carbocycles. The molecule has 1 aromatic rings. The van der Waals surface area contributed by atoms with Gasteiger partial charge in [-0.1, -0.05) is 52.0 Å². The number of likely N-dealkylation sites (N-methyl/N-ethyl adjacent to an activating group) is 1. The van der Waals surface area contributed by atoms with Gasteiger partial charge in [-0.25, -0.2) is 0 Å². The number of benzene rings is 1.